The molecule has 1 fully saturated rings. The number of nitrogens with one attached hydrogen (secondary N) is 1. The Bertz CT molecular complexity index is 416. The Morgan fingerprint density at radius 1 is 1.50 bits per heavy atom. The van der Waals surface area contributed by atoms with Crippen molar-refractivity contribution >= 4 is 23.4 Å². The average Bonchev–Trinajstić information content (AvgIpc) is 2.82. The molecule has 3 nitrogen and oxygen atoms in total. The fraction of sp³-hybridized carbons (Fsp3) is 0.462. The minimum absolute atomic E-state index is 0.223. The molecule has 0 bridgehead atoms. The molecule has 1 aliphatic heterocycles. The highest BCUT2D eigenvalue weighted by molar-refractivity contribution is 7.99. The van der Waals surface area contributed by atoms with Crippen LogP contribution in [0.1, 0.15) is 13.3 Å². The van der Waals surface area contributed by atoms with Gasteiger partial charge in [0.2, 0.25) is 0 Å². The highest BCUT2D eigenvalue weighted by Crippen LogP contribution is 2.32. The Balaban J connectivity index is 2.15. The van der Waals surface area contributed by atoms with Gasteiger partial charge in [-0.2, -0.15) is 11.8 Å². The third-order valence-corrected chi connectivity index (χ3v) is 4.11. The van der Waals surface area contributed by atoms with Crippen LogP contribution in [0.4, 0.5) is 10.1 Å². The maximum atomic E-state index is 12.9. The molecule has 1 heterocycles. The summed E-state index contributed by atoms with van der Waals surface area (Å²) in [6, 6.07) is 6.03. The van der Waals surface area contributed by atoms with Crippen LogP contribution in [0, 0.1) is 5.82 Å². The molecule has 0 saturated carbocycles. The molecule has 1 atom stereocenters. The summed E-state index contributed by atoms with van der Waals surface area (Å²) in [4.78, 5) is 12.1. The Labute approximate surface area is 110 Å². The molecule has 0 aromatic heterocycles. The van der Waals surface area contributed by atoms with E-state index >= 15 is 0 Å². The lowest BCUT2D eigenvalue weighted by molar-refractivity contribution is -0.147. The van der Waals surface area contributed by atoms with Gasteiger partial charge in [-0.25, -0.2) is 9.18 Å². The summed E-state index contributed by atoms with van der Waals surface area (Å²) >= 11 is 1.72. The van der Waals surface area contributed by atoms with Crippen molar-refractivity contribution in [1.29, 1.82) is 0 Å². The zero-order chi connectivity index (χ0) is 13.0. The van der Waals surface area contributed by atoms with Gasteiger partial charge in [0.1, 0.15) is 11.4 Å². The monoisotopic (exact) mass is 269 g/mol. The van der Waals surface area contributed by atoms with E-state index in [9.17, 15) is 9.18 Å². The van der Waals surface area contributed by atoms with Gasteiger partial charge < -0.3 is 10.1 Å². The number of benzene rings is 1. The van der Waals surface area contributed by atoms with Gasteiger partial charge in [0, 0.05) is 11.4 Å². The number of carbonyl (C=O) groups excluding carboxylic acids is 1. The number of hydrogen-bond donors (Lipinski definition) is 1. The zero-order valence-electron chi connectivity index (χ0n) is 10.2. The molecule has 1 saturated heterocycles. The first-order valence-corrected chi connectivity index (χ1v) is 7.10. The van der Waals surface area contributed by atoms with Crippen LogP contribution < -0.4 is 5.32 Å². The topological polar surface area (TPSA) is 38.3 Å². The van der Waals surface area contributed by atoms with E-state index in [1.165, 1.54) is 12.1 Å². The lowest BCUT2D eigenvalue weighted by Crippen LogP contribution is -2.47. The third-order valence-electron chi connectivity index (χ3n) is 2.92. The van der Waals surface area contributed by atoms with Crippen LogP contribution in [-0.2, 0) is 9.53 Å². The van der Waals surface area contributed by atoms with Crippen molar-refractivity contribution in [2.24, 2.45) is 0 Å². The molecule has 98 valence electrons. The Morgan fingerprint density at radius 2 is 2.22 bits per heavy atom. The molecule has 1 aromatic carbocycles. The fourth-order valence-electron chi connectivity index (χ4n) is 1.95. The third kappa shape index (κ3) is 2.77. The van der Waals surface area contributed by atoms with E-state index in [2.05, 4.69) is 5.32 Å². The van der Waals surface area contributed by atoms with E-state index in [1.807, 2.05) is 0 Å². The Morgan fingerprint density at radius 3 is 2.78 bits per heavy atom. The molecule has 1 aromatic rings. The van der Waals surface area contributed by atoms with E-state index in [-0.39, 0.29) is 11.8 Å². The summed E-state index contributed by atoms with van der Waals surface area (Å²) < 4.78 is 18.0. The number of esters is 1. The summed E-state index contributed by atoms with van der Waals surface area (Å²) in [6.45, 7) is 2.17. The average molecular weight is 269 g/mol. The number of rotatable bonds is 4. The van der Waals surface area contributed by atoms with E-state index in [1.54, 1.807) is 30.8 Å². The number of anilines is 1. The summed E-state index contributed by atoms with van der Waals surface area (Å²) in [6.07, 6.45) is 0.730. The van der Waals surface area contributed by atoms with Gasteiger partial charge >= 0.3 is 5.97 Å². The molecule has 0 spiro atoms. The van der Waals surface area contributed by atoms with E-state index < -0.39 is 5.54 Å². The predicted octanol–water partition coefficient (Wildman–Crippen LogP) is 2.68. The minimum atomic E-state index is -0.668. The van der Waals surface area contributed by atoms with Crippen LogP contribution in [0.25, 0.3) is 0 Å². The van der Waals surface area contributed by atoms with Crippen molar-refractivity contribution in [3.05, 3.63) is 30.1 Å². The Kier molecular flexibility index (Phi) is 4.11. The van der Waals surface area contributed by atoms with Gasteiger partial charge in [-0.3, -0.25) is 0 Å². The van der Waals surface area contributed by atoms with Gasteiger partial charge in [-0.1, -0.05) is 0 Å². The quantitative estimate of drug-likeness (QED) is 0.853. The number of carbonyl (C=O) groups is 1. The highest BCUT2D eigenvalue weighted by Gasteiger charge is 2.43. The van der Waals surface area contributed by atoms with Crippen molar-refractivity contribution in [3.63, 3.8) is 0 Å². The number of hydrogen-bond acceptors (Lipinski definition) is 4. The van der Waals surface area contributed by atoms with E-state index in [0.29, 0.717) is 12.4 Å². The molecule has 0 amide bonds. The first kappa shape index (κ1) is 13.2. The summed E-state index contributed by atoms with van der Waals surface area (Å²) in [7, 11) is 0. The second-order valence-electron chi connectivity index (χ2n) is 4.24. The molecule has 1 unspecified atom stereocenters. The normalized spacial score (nSPS) is 22.8. The molecular formula is C13H16FNO2S. The first-order chi connectivity index (χ1) is 8.66. The number of halogens is 1. The highest BCUT2D eigenvalue weighted by atomic mass is 32.2. The van der Waals surface area contributed by atoms with E-state index in [0.717, 1.165) is 17.9 Å². The fourth-order valence-corrected chi connectivity index (χ4v) is 3.27. The van der Waals surface area contributed by atoms with E-state index in [4.69, 9.17) is 4.74 Å². The van der Waals surface area contributed by atoms with Crippen LogP contribution in [0.3, 0.4) is 0 Å². The van der Waals surface area contributed by atoms with Gasteiger partial charge in [-0.05, 0) is 43.4 Å². The molecule has 1 aliphatic rings. The predicted molar refractivity (Wildman–Crippen MR) is 71.3 cm³/mol. The van der Waals surface area contributed by atoms with Crippen molar-refractivity contribution < 1.29 is 13.9 Å². The smallest absolute Gasteiger partial charge is 0.332 e. The zero-order valence-corrected chi connectivity index (χ0v) is 11.1. The van der Waals surface area contributed by atoms with Crippen molar-refractivity contribution in [3.8, 4) is 0 Å². The lowest BCUT2D eigenvalue weighted by Gasteiger charge is -2.28. The molecule has 0 aliphatic carbocycles. The summed E-state index contributed by atoms with van der Waals surface area (Å²) in [5.41, 5.74) is 0.0744. The lowest BCUT2D eigenvalue weighted by atomic mass is 9.98. The molecular weight excluding hydrogens is 253 g/mol. The summed E-state index contributed by atoms with van der Waals surface area (Å²) in [5.74, 6) is 1.10. The minimum Gasteiger partial charge on any atom is -0.464 e. The Hall–Kier alpha value is -1.23. The van der Waals surface area contributed by atoms with Crippen LogP contribution in [0.2, 0.25) is 0 Å². The molecule has 18 heavy (non-hydrogen) atoms. The van der Waals surface area contributed by atoms with Gasteiger partial charge in [0.05, 0.1) is 6.61 Å². The van der Waals surface area contributed by atoms with Crippen LogP contribution in [-0.4, -0.2) is 29.6 Å². The standard InChI is InChI=1S/C13H16FNO2S/c1-2-17-12(16)13(7-8-18-9-13)15-11-5-3-10(14)4-6-11/h3-6,15H,2,7-9H2,1H3. The van der Waals surface area contributed by atoms with Gasteiger partial charge in [-0.15, -0.1) is 0 Å². The van der Waals surface area contributed by atoms with Gasteiger partial charge in [0.15, 0.2) is 0 Å². The summed E-state index contributed by atoms with van der Waals surface area (Å²) in [5, 5.41) is 3.20. The molecule has 0 radical (unpaired) electrons. The number of thioether (sulfide) groups is 1. The van der Waals surface area contributed by atoms with Crippen LogP contribution in [0.5, 0.6) is 0 Å². The SMILES string of the molecule is CCOC(=O)C1(Nc2ccc(F)cc2)CCSC1. The number of ether oxygens (including phenoxy) is 1. The second kappa shape index (κ2) is 5.61. The van der Waals surface area contributed by atoms with Crippen molar-refractivity contribution in [2.75, 3.05) is 23.4 Å². The molecule has 2 rings (SSSR count). The first-order valence-electron chi connectivity index (χ1n) is 5.95. The van der Waals surface area contributed by atoms with Crippen LogP contribution >= 0.6 is 11.8 Å². The van der Waals surface area contributed by atoms with Gasteiger partial charge in [0.25, 0.3) is 0 Å². The van der Waals surface area contributed by atoms with Crippen molar-refractivity contribution in [1.82, 2.24) is 0 Å². The maximum Gasteiger partial charge on any atom is 0.332 e. The van der Waals surface area contributed by atoms with Crippen LogP contribution in [0.15, 0.2) is 24.3 Å². The second-order valence-corrected chi connectivity index (χ2v) is 5.34. The molecule has 1 N–H and O–H groups in total. The maximum absolute atomic E-state index is 12.9. The molecule has 5 heteroatoms. The largest absolute Gasteiger partial charge is 0.464 e. The van der Waals surface area contributed by atoms with Crippen molar-refractivity contribution in [2.45, 2.75) is 18.9 Å².